The Kier molecular flexibility index (Phi) is 6.45. The van der Waals surface area contributed by atoms with Crippen molar-refractivity contribution in [2.24, 2.45) is 0 Å². The van der Waals surface area contributed by atoms with E-state index in [1.165, 1.54) is 35.6 Å². The molecule has 5 nitrogen and oxygen atoms in total. The zero-order valence-corrected chi connectivity index (χ0v) is 15.1. The molecule has 27 heavy (non-hydrogen) atoms. The van der Waals surface area contributed by atoms with E-state index < -0.39 is 0 Å². The van der Waals surface area contributed by atoms with Crippen molar-refractivity contribution >= 4 is 22.4 Å². The average molecular weight is 389 g/mol. The van der Waals surface area contributed by atoms with E-state index in [2.05, 4.69) is 15.6 Å². The van der Waals surface area contributed by atoms with Gasteiger partial charge in [0.15, 0.2) is 5.13 Å². The molecule has 0 fully saturated rings. The summed E-state index contributed by atoms with van der Waals surface area (Å²) in [6, 6.07) is 11.7. The third-order valence-electron chi connectivity index (χ3n) is 3.54. The van der Waals surface area contributed by atoms with E-state index in [1.807, 2.05) is 0 Å². The minimum atomic E-state index is -0.318. The molecule has 1 aromatic heterocycles. The van der Waals surface area contributed by atoms with E-state index in [1.54, 1.807) is 29.6 Å². The number of nitrogens with one attached hydrogen (secondary N) is 2. The minimum Gasteiger partial charge on any atom is -0.492 e. The molecular weight excluding hydrogens is 372 g/mol. The van der Waals surface area contributed by atoms with Gasteiger partial charge < -0.3 is 15.4 Å². The molecule has 0 bridgehead atoms. The van der Waals surface area contributed by atoms with Crippen LogP contribution in [0.1, 0.15) is 0 Å². The summed E-state index contributed by atoms with van der Waals surface area (Å²) < 4.78 is 31.2. The van der Waals surface area contributed by atoms with Gasteiger partial charge in [0.25, 0.3) is 0 Å². The molecule has 0 aliphatic rings. The molecule has 8 heteroatoms. The van der Waals surface area contributed by atoms with Gasteiger partial charge in [-0.25, -0.2) is 13.8 Å². The number of hydrogen-bond acceptors (Lipinski definition) is 5. The van der Waals surface area contributed by atoms with E-state index in [4.69, 9.17) is 4.74 Å². The van der Waals surface area contributed by atoms with Crippen molar-refractivity contribution in [3.05, 3.63) is 65.5 Å². The van der Waals surface area contributed by atoms with Crippen LogP contribution in [0.5, 0.6) is 5.75 Å². The number of amides is 1. The second-order valence-corrected chi connectivity index (χ2v) is 6.43. The standard InChI is InChI=1S/C19H17F2N3O2S/c20-14-3-1-13(2-4-14)17-12-27-19(23-17)24-18(25)11-22-9-10-26-16-7-5-15(21)6-8-16/h1-8,12,22H,9-11H2,(H,23,24,25). The molecule has 2 aromatic carbocycles. The first kappa shape index (κ1) is 18.9. The SMILES string of the molecule is O=C(CNCCOc1ccc(F)cc1)Nc1nc(-c2ccc(F)cc2)cs1. The van der Waals surface area contributed by atoms with Crippen molar-refractivity contribution in [1.29, 1.82) is 0 Å². The molecule has 0 unspecified atom stereocenters. The van der Waals surface area contributed by atoms with Crippen molar-refractivity contribution < 1.29 is 18.3 Å². The number of rotatable bonds is 8. The number of aromatic nitrogens is 1. The van der Waals surface area contributed by atoms with Crippen molar-refractivity contribution in [3.8, 4) is 17.0 Å². The highest BCUT2D eigenvalue weighted by atomic mass is 32.1. The second-order valence-electron chi connectivity index (χ2n) is 5.57. The fraction of sp³-hybridized carbons (Fsp3) is 0.158. The monoisotopic (exact) mass is 389 g/mol. The van der Waals surface area contributed by atoms with E-state index in [0.717, 1.165) is 5.56 Å². The molecule has 0 spiro atoms. The van der Waals surface area contributed by atoms with Gasteiger partial charge in [-0.1, -0.05) is 0 Å². The van der Waals surface area contributed by atoms with Crippen LogP contribution >= 0.6 is 11.3 Å². The molecule has 0 radical (unpaired) electrons. The second kappa shape index (κ2) is 9.20. The highest BCUT2D eigenvalue weighted by Crippen LogP contribution is 2.24. The predicted molar refractivity (Wildman–Crippen MR) is 101 cm³/mol. The van der Waals surface area contributed by atoms with E-state index in [9.17, 15) is 13.6 Å². The molecule has 1 amide bonds. The van der Waals surface area contributed by atoms with Gasteiger partial charge in [-0.3, -0.25) is 4.79 Å². The van der Waals surface area contributed by atoms with Crippen LogP contribution in [0.4, 0.5) is 13.9 Å². The van der Waals surface area contributed by atoms with Crippen LogP contribution in [0.25, 0.3) is 11.3 Å². The number of anilines is 1. The highest BCUT2D eigenvalue weighted by molar-refractivity contribution is 7.14. The summed E-state index contributed by atoms with van der Waals surface area (Å²) >= 11 is 1.30. The van der Waals surface area contributed by atoms with Gasteiger partial charge in [-0.2, -0.15) is 0 Å². The van der Waals surface area contributed by atoms with Crippen LogP contribution in [0.15, 0.2) is 53.9 Å². The maximum atomic E-state index is 13.0. The Labute approximate surface area is 159 Å². The predicted octanol–water partition coefficient (Wildman–Crippen LogP) is 3.70. The minimum absolute atomic E-state index is 0.109. The molecule has 140 valence electrons. The van der Waals surface area contributed by atoms with Gasteiger partial charge in [0.05, 0.1) is 12.2 Å². The lowest BCUT2D eigenvalue weighted by Gasteiger charge is -2.07. The number of carbonyl (C=O) groups is 1. The van der Waals surface area contributed by atoms with Crippen LogP contribution in [-0.4, -0.2) is 30.6 Å². The summed E-state index contributed by atoms with van der Waals surface area (Å²) in [5, 5.41) is 7.94. The number of thiazole rings is 1. The summed E-state index contributed by atoms with van der Waals surface area (Å²) in [7, 11) is 0. The smallest absolute Gasteiger partial charge is 0.240 e. The van der Waals surface area contributed by atoms with E-state index in [0.29, 0.717) is 29.7 Å². The Morgan fingerprint density at radius 3 is 2.41 bits per heavy atom. The van der Waals surface area contributed by atoms with Gasteiger partial charge in [0.2, 0.25) is 5.91 Å². The van der Waals surface area contributed by atoms with Gasteiger partial charge in [-0.15, -0.1) is 11.3 Å². The first-order valence-corrected chi connectivity index (χ1v) is 9.08. The molecule has 3 aromatic rings. The molecular formula is C19H17F2N3O2S. The molecule has 0 aliphatic heterocycles. The number of nitrogens with zero attached hydrogens (tertiary/aromatic N) is 1. The maximum Gasteiger partial charge on any atom is 0.240 e. The van der Waals surface area contributed by atoms with Crippen LogP contribution in [0.2, 0.25) is 0 Å². The molecule has 0 atom stereocenters. The van der Waals surface area contributed by atoms with E-state index in [-0.39, 0.29) is 24.1 Å². The third kappa shape index (κ3) is 5.83. The summed E-state index contributed by atoms with van der Waals surface area (Å²) in [5.74, 6) is -0.283. The number of ether oxygens (including phenoxy) is 1. The van der Waals surface area contributed by atoms with Crippen molar-refractivity contribution in [2.75, 3.05) is 25.0 Å². The maximum absolute atomic E-state index is 13.0. The lowest BCUT2D eigenvalue weighted by atomic mass is 10.2. The Hall–Kier alpha value is -2.84. The van der Waals surface area contributed by atoms with Crippen LogP contribution in [0, 0.1) is 11.6 Å². The van der Waals surface area contributed by atoms with Crippen molar-refractivity contribution in [3.63, 3.8) is 0 Å². The van der Waals surface area contributed by atoms with Gasteiger partial charge >= 0.3 is 0 Å². The Morgan fingerprint density at radius 2 is 1.70 bits per heavy atom. The first-order chi connectivity index (χ1) is 13.1. The van der Waals surface area contributed by atoms with Crippen molar-refractivity contribution in [2.45, 2.75) is 0 Å². The summed E-state index contributed by atoms with van der Waals surface area (Å²) in [6.07, 6.45) is 0. The quantitative estimate of drug-likeness (QED) is 0.577. The van der Waals surface area contributed by atoms with E-state index >= 15 is 0 Å². The normalized spacial score (nSPS) is 10.6. The van der Waals surface area contributed by atoms with Gasteiger partial charge in [0.1, 0.15) is 24.0 Å². The topological polar surface area (TPSA) is 63.2 Å². The Morgan fingerprint density at radius 1 is 1.04 bits per heavy atom. The number of halogens is 2. The van der Waals surface area contributed by atoms with Crippen LogP contribution < -0.4 is 15.4 Å². The molecule has 1 heterocycles. The molecule has 0 saturated carbocycles. The molecule has 0 saturated heterocycles. The number of carbonyl (C=O) groups excluding carboxylic acids is 1. The zero-order valence-electron chi connectivity index (χ0n) is 14.2. The summed E-state index contributed by atoms with van der Waals surface area (Å²) in [6.45, 7) is 0.923. The molecule has 2 N–H and O–H groups in total. The van der Waals surface area contributed by atoms with Crippen LogP contribution in [-0.2, 0) is 4.79 Å². The fourth-order valence-electron chi connectivity index (χ4n) is 2.22. The van der Waals surface area contributed by atoms with Crippen LogP contribution in [0.3, 0.4) is 0 Å². The highest BCUT2D eigenvalue weighted by Gasteiger charge is 2.08. The van der Waals surface area contributed by atoms with Gasteiger partial charge in [-0.05, 0) is 48.5 Å². The molecule has 3 rings (SSSR count). The van der Waals surface area contributed by atoms with Gasteiger partial charge in [0, 0.05) is 17.5 Å². The fourth-order valence-corrected chi connectivity index (χ4v) is 2.96. The summed E-state index contributed by atoms with van der Waals surface area (Å²) in [5.41, 5.74) is 1.46. The Balaban J connectivity index is 1.38. The third-order valence-corrected chi connectivity index (χ3v) is 4.30. The lowest BCUT2D eigenvalue weighted by molar-refractivity contribution is -0.115. The Bertz CT molecular complexity index is 883. The van der Waals surface area contributed by atoms with Crippen molar-refractivity contribution in [1.82, 2.24) is 10.3 Å². The average Bonchev–Trinajstić information content (AvgIpc) is 3.12. The number of benzene rings is 2. The largest absolute Gasteiger partial charge is 0.492 e. The lowest BCUT2D eigenvalue weighted by Crippen LogP contribution is -2.31. The number of hydrogen-bond donors (Lipinski definition) is 2. The summed E-state index contributed by atoms with van der Waals surface area (Å²) in [4.78, 5) is 16.3. The first-order valence-electron chi connectivity index (χ1n) is 8.20. The zero-order chi connectivity index (χ0) is 19.1. The molecule has 0 aliphatic carbocycles.